The molecule has 0 saturated heterocycles. The van der Waals surface area contributed by atoms with Gasteiger partial charge in [0.25, 0.3) is 0 Å². The molecule has 17 heavy (non-hydrogen) atoms. The predicted octanol–water partition coefficient (Wildman–Crippen LogP) is 2.46. The van der Waals surface area contributed by atoms with E-state index < -0.39 is 24.7 Å². The minimum Gasteiger partial charge on any atom is -0.465 e. The van der Waals surface area contributed by atoms with Crippen molar-refractivity contribution in [1.82, 2.24) is 0 Å². The van der Waals surface area contributed by atoms with Gasteiger partial charge >= 0.3 is 12.1 Å². The van der Waals surface area contributed by atoms with Crippen molar-refractivity contribution in [3.8, 4) is 0 Å². The van der Waals surface area contributed by atoms with E-state index in [0.29, 0.717) is 0 Å². The van der Waals surface area contributed by atoms with Gasteiger partial charge in [-0.05, 0) is 17.7 Å². The van der Waals surface area contributed by atoms with Crippen LogP contribution < -0.4 is 0 Å². The Kier molecular flexibility index (Phi) is 4.11. The van der Waals surface area contributed by atoms with Gasteiger partial charge in [-0.15, -0.1) is 0 Å². The van der Waals surface area contributed by atoms with Crippen LogP contribution in [-0.4, -0.2) is 24.4 Å². The SMILES string of the molecule is COC(=O)c1cccc(C(O)CC(F)(F)F)c1. The van der Waals surface area contributed by atoms with Crippen LogP contribution in [0.1, 0.15) is 28.4 Å². The molecule has 1 unspecified atom stereocenters. The second-order valence-electron chi connectivity index (χ2n) is 3.45. The zero-order valence-electron chi connectivity index (χ0n) is 8.99. The molecular weight excluding hydrogens is 237 g/mol. The highest BCUT2D eigenvalue weighted by molar-refractivity contribution is 5.89. The molecule has 0 fully saturated rings. The third kappa shape index (κ3) is 4.07. The number of carbonyl (C=O) groups is 1. The molecule has 3 nitrogen and oxygen atoms in total. The van der Waals surface area contributed by atoms with Crippen molar-refractivity contribution in [2.75, 3.05) is 7.11 Å². The second-order valence-corrected chi connectivity index (χ2v) is 3.45. The van der Waals surface area contributed by atoms with E-state index in [0.717, 1.165) is 0 Å². The molecule has 0 saturated carbocycles. The van der Waals surface area contributed by atoms with E-state index in [-0.39, 0.29) is 11.1 Å². The summed E-state index contributed by atoms with van der Waals surface area (Å²) >= 11 is 0. The maximum absolute atomic E-state index is 12.1. The van der Waals surface area contributed by atoms with Crippen LogP contribution in [0.4, 0.5) is 13.2 Å². The Bertz CT molecular complexity index is 401. The van der Waals surface area contributed by atoms with E-state index in [9.17, 15) is 23.1 Å². The first-order valence-electron chi connectivity index (χ1n) is 4.76. The summed E-state index contributed by atoms with van der Waals surface area (Å²) < 4.78 is 40.6. The quantitative estimate of drug-likeness (QED) is 0.836. The lowest BCUT2D eigenvalue weighted by Crippen LogP contribution is -2.14. The number of aliphatic hydroxyl groups is 1. The lowest BCUT2D eigenvalue weighted by atomic mass is 10.0. The molecule has 1 N–H and O–H groups in total. The maximum atomic E-state index is 12.1. The molecule has 0 amide bonds. The van der Waals surface area contributed by atoms with Crippen LogP contribution in [-0.2, 0) is 4.74 Å². The Morgan fingerprint density at radius 1 is 1.47 bits per heavy atom. The first-order valence-corrected chi connectivity index (χ1v) is 4.76. The lowest BCUT2D eigenvalue weighted by molar-refractivity contribution is -0.154. The van der Waals surface area contributed by atoms with E-state index in [1.165, 1.54) is 31.4 Å². The minimum atomic E-state index is -4.46. The van der Waals surface area contributed by atoms with Crippen molar-refractivity contribution in [3.63, 3.8) is 0 Å². The Morgan fingerprint density at radius 2 is 2.12 bits per heavy atom. The lowest BCUT2D eigenvalue weighted by Gasteiger charge is -2.13. The Balaban J connectivity index is 2.88. The molecule has 0 aliphatic carbocycles. The molecule has 1 aromatic rings. The third-order valence-corrected chi connectivity index (χ3v) is 2.12. The molecule has 0 bridgehead atoms. The van der Waals surface area contributed by atoms with Crippen molar-refractivity contribution in [2.24, 2.45) is 0 Å². The fourth-order valence-corrected chi connectivity index (χ4v) is 1.33. The number of methoxy groups -OCH3 is 1. The summed E-state index contributed by atoms with van der Waals surface area (Å²) in [6, 6.07) is 5.29. The molecule has 1 rings (SSSR count). The van der Waals surface area contributed by atoms with Gasteiger partial charge in [-0.3, -0.25) is 0 Å². The highest BCUT2D eigenvalue weighted by Gasteiger charge is 2.31. The van der Waals surface area contributed by atoms with Crippen molar-refractivity contribution in [3.05, 3.63) is 35.4 Å². The molecular formula is C11H11F3O3. The summed E-state index contributed by atoms with van der Waals surface area (Å²) in [5.41, 5.74) is 0.136. The summed E-state index contributed by atoms with van der Waals surface area (Å²) in [5, 5.41) is 9.36. The number of halogens is 3. The Morgan fingerprint density at radius 3 is 2.65 bits per heavy atom. The molecule has 0 spiro atoms. The summed E-state index contributed by atoms with van der Waals surface area (Å²) in [6.45, 7) is 0. The van der Waals surface area contributed by atoms with Crippen molar-refractivity contribution >= 4 is 5.97 Å². The summed E-state index contributed by atoms with van der Waals surface area (Å²) in [7, 11) is 1.17. The van der Waals surface area contributed by atoms with Crippen molar-refractivity contribution in [2.45, 2.75) is 18.7 Å². The van der Waals surface area contributed by atoms with Crippen LogP contribution in [0.3, 0.4) is 0 Å². The van der Waals surface area contributed by atoms with Gasteiger partial charge in [0.15, 0.2) is 0 Å². The Hall–Kier alpha value is -1.56. The van der Waals surface area contributed by atoms with Crippen LogP contribution in [0.15, 0.2) is 24.3 Å². The number of alkyl halides is 3. The molecule has 94 valence electrons. The number of esters is 1. The summed E-state index contributed by atoms with van der Waals surface area (Å²) in [4.78, 5) is 11.1. The highest BCUT2D eigenvalue weighted by atomic mass is 19.4. The number of carbonyl (C=O) groups excluding carboxylic acids is 1. The van der Waals surface area contributed by atoms with Gasteiger partial charge in [-0.1, -0.05) is 12.1 Å². The van der Waals surface area contributed by atoms with Crippen LogP contribution in [0.5, 0.6) is 0 Å². The summed E-state index contributed by atoms with van der Waals surface area (Å²) in [6.07, 6.45) is -7.49. The number of ether oxygens (including phenoxy) is 1. The van der Waals surface area contributed by atoms with Crippen LogP contribution in [0.25, 0.3) is 0 Å². The topological polar surface area (TPSA) is 46.5 Å². The van der Waals surface area contributed by atoms with Crippen LogP contribution >= 0.6 is 0 Å². The van der Waals surface area contributed by atoms with Crippen LogP contribution in [0.2, 0.25) is 0 Å². The van der Waals surface area contributed by atoms with Gasteiger partial charge in [0.05, 0.1) is 25.2 Å². The monoisotopic (exact) mass is 248 g/mol. The standard InChI is InChI=1S/C11H11F3O3/c1-17-10(16)8-4-2-3-7(5-8)9(15)6-11(12,13)14/h2-5,9,15H,6H2,1H3. The smallest absolute Gasteiger partial charge is 0.391 e. The number of rotatable bonds is 3. The van der Waals surface area contributed by atoms with Gasteiger partial charge in [-0.2, -0.15) is 13.2 Å². The highest BCUT2D eigenvalue weighted by Crippen LogP contribution is 2.29. The van der Waals surface area contributed by atoms with E-state index in [2.05, 4.69) is 4.74 Å². The average Bonchev–Trinajstić information content (AvgIpc) is 2.26. The fourth-order valence-electron chi connectivity index (χ4n) is 1.33. The first-order chi connectivity index (χ1) is 7.83. The summed E-state index contributed by atoms with van der Waals surface area (Å²) in [5.74, 6) is -0.661. The minimum absolute atomic E-state index is 0.0326. The Labute approximate surface area is 95.8 Å². The number of aliphatic hydroxyl groups excluding tert-OH is 1. The number of benzene rings is 1. The first kappa shape index (κ1) is 13.5. The molecule has 0 aliphatic heterocycles. The molecule has 6 heteroatoms. The zero-order valence-corrected chi connectivity index (χ0v) is 8.99. The molecule has 0 aliphatic rings. The third-order valence-electron chi connectivity index (χ3n) is 2.12. The van der Waals surface area contributed by atoms with E-state index in [1.54, 1.807) is 0 Å². The molecule has 1 atom stereocenters. The van der Waals surface area contributed by atoms with Crippen molar-refractivity contribution < 1.29 is 27.8 Å². The fraction of sp³-hybridized carbons (Fsp3) is 0.364. The predicted molar refractivity (Wildman–Crippen MR) is 53.4 cm³/mol. The van der Waals surface area contributed by atoms with Gasteiger partial charge in [0, 0.05) is 0 Å². The zero-order chi connectivity index (χ0) is 13.1. The molecule has 0 radical (unpaired) electrons. The molecule has 0 heterocycles. The van der Waals surface area contributed by atoms with Crippen LogP contribution in [0, 0.1) is 0 Å². The van der Waals surface area contributed by atoms with E-state index in [1.807, 2.05) is 0 Å². The van der Waals surface area contributed by atoms with Gasteiger partial charge in [0.2, 0.25) is 0 Å². The normalized spacial score (nSPS) is 13.2. The van der Waals surface area contributed by atoms with E-state index >= 15 is 0 Å². The van der Waals surface area contributed by atoms with Gasteiger partial charge in [-0.25, -0.2) is 4.79 Å². The molecule has 0 aromatic heterocycles. The molecule has 1 aromatic carbocycles. The second kappa shape index (κ2) is 5.18. The number of hydrogen-bond acceptors (Lipinski definition) is 3. The van der Waals surface area contributed by atoms with Crippen molar-refractivity contribution in [1.29, 1.82) is 0 Å². The average molecular weight is 248 g/mol. The maximum Gasteiger partial charge on any atom is 0.391 e. The van der Waals surface area contributed by atoms with Gasteiger partial charge < -0.3 is 9.84 Å². The van der Waals surface area contributed by atoms with Gasteiger partial charge in [0.1, 0.15) is 0 Å². The number of hydrogen-bond donors (Lipinski definition) is 1. The van der Waals surface area contributed by atoms with E-state index in [4.69, 9.17) is 0 Å². The largest absolute Gasteiger partial charge is 0.465 e.